The van der Waals surface area contributed by atoms with Gasteiger partial charge in [-0.3, -0.25) is 0 Å². The van der Waals surface area contributed by atoms with Crippen LogP contribution in [0.25, 0.3) is 5.69 Å². The molecule has 2 heterocycles. The fraction of sp³-hybridized carbons (Fsp3) is 0.562. The lowest BCUT2D eigenvalue weighted by atomic mass is 10.0. The number of hydrogen-bond donors (Lipinski definition) is 0. The van der Waals surface area contributed by atoms with Crippen molar-refractivity contribution in [2.24, 2.45) is 5.92 Å². The van der Waals surface area contributed by atoms with Crippen LogP contribution in [0, 0.1) is 5.92 Å². The van der Waals surface area contributed by atoms with Gasteiger partial charge in [-0.15, -0.1) is 5.10 Å². The lowest BCUT2D eigenvalue weighted by Gasteiger charge is -2.30. The number of aryl methyl sites for hydroxylation is 1. The minimum Gasteiger partial charge on any atom is -0.303 e. The van der Waals surface area contributed by atoms with E-state index in [1.54, 1.807) is 0 Å². The van der Waals surface area contributed by atoms with Gasteiger partial charge < -0.3 is 4.90 Å². The Morgan fingerprint density at radius 2 is 2.10 bits per heavy atom. The summed E-state index contributed by atoms with van der Waals surface area (Å²) in [6.07, 6.45) is 4.75. The summed E-state index contributed by atoms with van der Waals surface area (Å²) in [5.74, 6) is 1.79. The second-order valence-corrected chi connectivity index (χ2v) is 5.99. The molecule has 5 heteroatoms. The van der Waals surface area contributed by atoms with E-state index in [0.29, 0.717) is 0 Å². The zero-order valence-electron chi connectivity index (χ0n) is 12.6. The van der Waals surface area contributed by atoms with Crippen molar-refractivity contribution in [3.63, 3.8) is 0 Å². The van der Waals surface area contributed by atoms with Gasteiger partial charge in [0, 0.05) is 13.0 Å². The van der Waals surface area contributed by atoms with Crippen LogP contribution in [0.3, 0.4) is 0 Å². The predicted octanol–water partition coefficient (Wildman–Crippen LogP) is 2.33. The van der Waals surface area contributed by atoms with E-state index < -0.39 is 0 Å². The van der Waals surface area contributed by atoms with E-state index in [4.69, 9.17) is 0 Å². The van der Waals surface area contributed by atoms with Crippen molar-refractivity contribution in [1.82, 2.24) is 25.1 Å². The zero-order chi connectivity index (χ0) is 14.5. The summed E-state index contributed by atoms with van der Waals surface area (Å²) in [7, 11) is 0. The third-order valence-corrected chi connectivity index (χ3v) is 4.15. The van der Waals surface area contributed by atoms with Gasteiger partial charge in [0.25, 0.3) is 0 Å². The van der Waals surface area contributed by atoms with Crippen LogP contribution in [0.1, 0.15) is 32.0 Å². The number of rotatable bonds is 5. The summed E-state index contributed by atoms with van der Waals surface area (Å²) in [5, 5.41) is 12.1. The third-order valence-electron chi connectivity index (χ3n) is 4.15. The fourth-order valence-electron chi connectivity index (χ4n) is 3.08. The van der Waals surface area contributed by atoms with Gasteiger partial charge in [0.05, 0.1) is 5.69 Å². The highest BCUT2D eigenvalue weighted by atomic mass is 15.5. The first-order valence-corrected chi connectivity index (χ1v) is 7.88. The molecular weight excluding hydrogens is 262 g/mol. The van der Waals surface area contributed by atoms with Gasteiger partial charge in [-0.1, -0.05) is 25.1 Å². The molecule has 0 bridgehead atoms. The number of piperidine rings is 1. The predicted molar refractivity (Wildman–Crippen MR) is 82.3 cm³/mol. The maximum Gasteiger partial charge on any atom is 0.156 e. The Labute approximate surface area is 126 Å². The van der Waals surface area contributed by atoms with Crippen LogP contribution in [-0.2, 0) is 6.42 Å². The number of aromatic nitrogens is 4. The Kier molecular flexibility index (Phi) is 4.60. The molecule has 0 saturated carbocycles. The minimum atomic E-state index is 0.841. The van der Waals surface area contributed by atoms with E-state index >= 15 is 0 Å². The SMILES string of the molecule is C[C@H]1CCCN(CCCc2nnnn2-c2ccccc2)C1. The topological polar surface area (TPSA) is 46.8 Å². The summed E-state index contributed by atoms with van der Waals surface area (Å²) < 4.78 is 1.85. The Morgan fingerprint density at radius 3 is 2.90 bits per heavy atom. The molecule has 5 nitrogen and oxygen atoms in total. The van der Waals surface area contributed by atoms with Crippen LogP contribution in [0.15, 0.2) is 30.3 Å². The quantitative estimate of drug-likeness (QED) is 0.846. The molecule has 1 fully saturated rings. The van der Waals surface area contributed by atoms with Crippen LogP contribution in [0.2, 0.25) is 0 Å². The van der Waals surface area contributed by atoms with Crippen molar-refractivity contribution in [3.05, 3.63) is 36.2 Å². The molecule has 1 aromatic heterocycles. The molecule has 0 N–H and O–H groups in total. The van der Waals surface area contributed by atoms with Crippen LogP contribution >= 0.6 is 0 Å². The minimum absolute atomic E-state index is 0.841. The molecule has 0 unspecified atom stereocenters. The number of tetrazole rings is 1. The van der Waals surface area contributed by atoms with Crippen molar-refractivity contribution < 1.29 is 0 Å². The maximum absolute atomic E-state index is 4.17. The molecule has 1 aliphatic rings. The number of hydrogen-bond acceptors (Lipinski definition) is 4. The molecule has 1 aromatic carbocycles. The lowest BCUT2D eigenvalue weighted by Crippen LogP contribution is -2.35. The fourth-order valence-corrected chi connectivity index (χ4v) is 3.08. The van der Waals surface area contributed by atoms with Crippen molar-refractivity contribution in [2.75, 3.05) is 19.6 Å². The van der Waals surface area contributed by atoms with Crippen LogP contribution in [0.4, 0.5) is 0 Å². The highest BCUT2D eigenvalue weighted by Gasteiger charge is 2.16. The molecule has 21 heavy (non-hydrogen) atoms. The van der Waals surface area contributed by atoms with Crippen LogP contribution < -0.4 is 0 Å². The van der Waals surface area contributed by atoms with E-state index in [-0.39, 0.29) is 0 Å². The van der Waals surface area contributed by atoms with Gasteiger partial charge in [-0.2, -0.15) is 4.68 Å². The van der Waals surface area contributed by atoms with Crippen molar-refractivity contribution in [2.45, 2.75) is 32.6 Å². The second kappa shape index (κ2) is 6.80. The second-order valence-electron chi connectivity index (χ2n) is 5.99. The Hall–Kier alpha value is -1.75. The van der Waals surface area contributed by atoms with E-state index in [2.05, 4.69) is 27.3 Å². The highest BCUT2D eigenvalue weighted by molar-refractivity contribution is 5.30. The zero-order valence-corrected chi connectivity index (χ0v) is 12.6. The molecule has 3 rings (SSSR count). The average Bonchev–Trinajstić information content (AvgIpc) is 2.97. The average molecular weight is 285 g/mol. The van der Waals surface area contributed by atoms with Gasteiger partial charge in [0.2, 0.25) is 0 Å². The van der Waals surface area contributed by atoms with Crippen LogP contribution in [-0.4, -0.2) is 44.7 Å². The summed E-state index contributed by atoms with van der Waals surface area (Å²) in [6.45, 7) is 5.98. The highest BCUT2D eigenvalue weighted by Crippen LogP contribution is 2.16. The van der Waals surface area contributed by atoms with E-state index in [1.807, 2.05) is 35.0 Å². The third kappa shape index (κ3) is 3.67. The molecule has 0 spiro atoms. The summed E-state index contributed by atoms with van der Waals surface area (Å²) >= 11 is 0. The van der Waals surface area contributed by atoms with E-state index in [0.717, 1.165) is 36.8 Å². The molecule has 1 aliphatic heterocycles. The standard InChI is InChI=1S/C16H23N5/c1-14-7-5-11-20(13-14)12-6-10-16-17-18-19-21(16)15-8-3-2-4-9-15/h2-4,8-9,14H,5-7,10-13H2,1H3/t14-/m0/s1. The van der Waals surface area contributed by atoms with Crippen molar-refractivity contribution in [1.29, 1.82) is 0 Å². The van der Waals surface area contributed by atoms with E-state index in [9.17, 15) is 0 Å². The van der Waals surface area contributed by atoms with Gasteiger partial charge in [-0.25, -0.2) is 0 Å². The van der Waals surface area contributed by atoms with Gasteiger partial charge in [0.1, 0.15) is 0 Å². The summed E-state index contributed by atoms with van der Waals surface area (Å²) in [6, 6.07) is 10.1. The molecule has 1 atom stereocenters. The van der Waals surface area contributed by atoms with Gasteiger partial charge >= 0.3 is 0 Å². The first kappa shape index (κ1) is 14.2. The van der Waals surface area contributed by atoms with Gasteiger partial charge in [-0.05, 0) is 60.8 Å². The van der Waals surface area contributed by atoms with Crippen LogP contribution in [0.5, 0.6) is 0 Å². The molecule has 2 aromatic rings. The Balaban J connectivity index is 1.55. The number of likely N-dealkylation sites (tertiary alicyclic amines) is 1. The normalized spacial score (nSPS) is 19.8. The number of nitrogens with zero attached hydrogens (tertiary/aromatic N) is 5. The lowest BCUT2D eigenvalue weighted by molar-refractivity contribution is 0.182. The van der Waals surface area contributed by atoms with E-state index in [1.165, 1.54) is 25.9 Å². The molecule has 0 radical (unpaired) electrons. The molecule has 112 valence electrons. The Morgan fingerprint density at radius 1 is 1.24 bits per heavy atom. The largest absolute Gasteiger partial charge is 0.303 e. The first-order chi connectivity index (χ1) is 10.3. The molecule has 0 aliphatic carbocycles. The maximum atomic E-state index is 4.17. The van der Waals surface area contributed by atoms with Crippen molar-refractivity contribution in [3.8, 4) is 5.69 Å². The number of para-hydroxylation sites is 1. The smallest absolute Gasteiger partial charge is 0.156 e. The molecule has 0 amide bonds. The molecular formula is C16H23N5. The first-order valence-electron chi connectivity index (χ1n) is 7.88. The monoisotopic (exact) mass is 285 g/mol. The summed E-state index contributed by atoms with van der Waals surface area (Å²) in [5.41, 5.74) is 1.03. The van der Waals surface area contributed by atoms with Gasteiger partial charge in [0.15, 0.2) is 5.82 Å². The Bertz CT molecular complexity index is 551. The summed E-state index contributed by atoms with van der Waals surface area (Å²) in [4.78, 5) is 2.57. The number of benzene rings is 1. The molecule has 1 saturated heterocycles. The van der Waals surface area contributed by atoms with Crippen molar-refractivity contribution >= 4 is 0 Å².